The topological polar surface area (TPSA) is 44.9 Å². The molecule has 1 aliphatic carbocycles. The molecule has 1 aliphatic rings. The van der Waals surface area contributed by atoms with Gasteiger partial charge in [-0.2, -0.15) is 0 Å². The number of hydrogen-bond acceptors (Lipinski definition) is 1. The van der Waals surface area contributed by atoms with Gasteiger partial charge in [-0.15, -0.1) is 0 Å². The van der Waals surface area contributed by atoms with Crippen LogP contribution in [0.3, 0.4) is 0 Å². The molecule has 0 radical (unpaired) electrons. The van der Waals surface area contributed by atoms with E-state index in [2.05, 4.69) is 10.3 Å². The van der Waals surface area contributed by atoms with Gasteiger partial charge in [0.25, 0.3) is 0 Å². The fourth-order valence-corrected chi connectivity index (χ4v) is 1.15. The van der Waals surface area contributed by atoms with Gasteiger partial charge >= 0.3 is 0 Å². The highest BCUT2D eigenvalue weighted by Crippen LogP contribution is 2.28. The van der Waals surface area contributed by atoms with Gasteiger partial charge in [0.1, 0.15) is 0 Å². The highest BCUT2D eigenvalue weighted by molar-refractivity contribution is 5.80. The quantitative estimate of drug-likeness (QED) is 0.688. The first kappa shape index (κ1) is 7.40. The van der Waals surface area contributed by atoms with E-state index in [0.29, 0.717) is 12.5 Å². The van der Waals surface area contributed by atoms with Crippen molar-refractivity contribution in [2.75, 3.05) is 0 Å². The van der Waals surface area contributed by atoms with Gasteiger partial charge in [-0.1, -0.05) is 0 Å². The van der Waals surface area contributed by atoms with E-state index >= 15 is 0 Å². The van der Waals surface area contributed by atoms with Crippen molar-refractivity contribution in [1.82, 2.24) is 10.3 Å². The Kier molecular flexibility index (Phi) is 1.86. The van der Waals surface area contributed by atoms with Crippen LogP contribution in [0.4, 0.5) is 0 Å². The van der Waals surface area contributed by atoms with Gasteiger partial charge in [0.2, 0.25) is 5.91 Å². The molecule has 0 aromatic carbocycles. The Balaban J connectivity index is 1.78. The average molecular weight is 164 g/mol. The van der Waals surface area contributed by atoms with E-state index in [0.717, 1.165) is 18.5 Å². The molecule has 1 aromatic rings. The lowest BCUT2D eigenvalue weighted by molar-refractivity contribution is -0.122. The molecule has 3 nitrogen and oxygen atoms in total. The standard InChI is InChI=1S/C9H12N2O/c12-9(7-3-4-7)11-6-8-2-1-5-10-8/h1-2,5,7,10H,3-4,6H2,(H,11,12). The third-order valence-corrected chi connectivity index (χ3v) is 2.06. The molecule has 1 heterocycles. The lowest BCUT2D eigenvalue weighted by Crippen LogP contribution is -2.24. The maximum absolute atomic E-state index is 11.2. The number of carbonyl (C=O) groups excluding carboxylic acids is 1. The monoisotopic (exact) mass is 164 g/mol. The Labute approximate surface area is 71.2 Å². The fraction of sp³-hybridized carbons (Fsp3) is 0.444. The summed E-state index contributed by atoms with van der Waals surface area (Å²) in [5.41, 5.74) is 1.06. The summed E-state index contributed by atoms with van der Waals surface area (Å²) >= 11 is 0. The lowest BCUT2D eigenvalue weighted by atomic mass is 10.3. The summed E-state index contributed by atoms with van der Waals surface area (Å²) in [4.78, 5) is 14.2. The molecule has 0 saturated heterocycles. The molecule has 1 amide bonds. The number of carbonyl (C=O) groups is 1. The predicted molar refractivity (Wildman–Crippen MR) is 45.4 cm³/mol. The molecular weight excluding hydrogens is 152 g/mol. The molecule has 0 aliphatic heterocycles. The maximum Gasteiger partial charge on any atom is 0.223 e. The van der Waals surface area contributed by atoms with Gasteiger partial charge in [-0.3, -0.25) is 4.79 Å². The molecule has 1 fully saturated rings. The molecule has 0 bridgehead atoms. The first-order valence-corrected chi connectivity index (χ1v) is 4.26. The van der Waals surface area contributed by atoms with E-state index in [9.17, 15) is 4.79 Å². The summed E-state index contributed by atoms with van der Waals surface area (Å²) in [5, 5.41) is 2.88. The number of nitrogens with one attached hydrogen (secondary N) is 2. The van der Waals surface area contributed by atoms with Gasteiger partial charge in [0.15, 0.2) is 0 Å². The molecule has 1 saturated carbocycles. The van der Waals surface area contributed by atoms with Crippen molar-refractivity contribution in [3.05, 3.63) is 24.0 Å². The Morgan fingerprint density at radius 1 is 1.67 bits per heavy atom. The van der Waals surface area contributed by atoms with E-state index in [1.165, 1.54) is 0 Å². The number of aromatic amines is 1. The summed E-state index contributed by atoms with van der Waals surface area (Å²) < 4.78 is 0. The zero-order valence-electron chi connectivity index (χ0n) is 6.84. The van der Waals surface area contributed by atoms with E-state index < -0.39 is 0 Å². The average Bonchev–Trinajstić information content (AvgIpc) is 2.80. The number of hydrogen-bond donors (Lipinski definition) is 2. The summed E-state index contributed by atoms with van der Waals surface area (Å²) in [7, 11) is 0. The van der Waals surface area contributed by atoms with Crippen LogP contribution >= 0.6 is 0 Å². The third-order valence-electron chi connectivity index (χ3n) is 2.06. The van der Waals surface area contributed by atoms with E-state index in [1.54, 1.807) is 0 Å². The zero-order chi connectivity index (χ0) is 8.39. The molecule has 0 spiro atoms. The molecule has 3 heteroatoms. The minimum absolute atomic E-state index is 0.199. The molecule has 0 atom stereocenters. The molecule has 2 rings (SSSR count). The van der Waals surface area contributed by atoms with Crippen molar-refractivity contribution < 1.29 is 4.79 Å². The lowest BCUT2D eigenvalue weighted by Gasteiger charge is -2.00. The maximum atomic E-state index is 11.2. The van der Waals surface area contributed by atoms with Crippen LogP contribution in [0.15, 0.2) is 18.3 Å². The van der Waals surface area contributed by atoms with Crippen molar-refractivity contribution in [2.24, 2.45) is 5.92 Å². The van der Waals surface area contributed by atoms with Crippen molar-refractivity contribution in [2.45, 2.75) is 19.4 Å². The Hall–Kier alpha value is -1.25. The third kappa shape index (κ3) is 1.67. The van der Waals surface area contributed by atoms with Crippen molar-refractivity contribution in [3.8, 4) is 0 Å². The van der Waals surface area contributed by atoms with Crippen LogP contribution in [0.5, 0.6) is 0 Å². The van der Waals surface area contributed by atoms with Crippen LogP contribution in [0.25, 0.3) is 0 Å². The van der Waals surface area contributed by atoms with Crippen LogP contribution in [0.2, 0.25) is 0 Å². The van der Waals surface area contributed by atoms with Crippen molar-refractivity contribution in [1.29, 1.82) is 0 Å². The minimum Gasteiger partial charge on any atom is -0.364 e. The molecule has 64 valence electrons. The van der Waals surface area contributed by atoms with Crippen molar-refractivity contribution >= 4 is 5.91 Å². The van der Waals surface area contributed by atoms with Gasteiger partial charge < -0.3 is 10.3 Å². The largest absolute Gasteiger partial charge is 0.364 e. The Morgan fingerprint density at radius 2 is 2.50 bits per heavy atom. The number of H-pyrrole nitrogens is 1. The van der Waals surface area contributed by atoms with Crippen molar-refractivity contribution in [3.63, 3.8) is 0 Å². The van der Waals surface area contributed by atoms with Gasteiger partial charge in [0.05, 0.1) is 6.54 Å². The second-order valence-electron chi connectivity index (χ2n) is 3.19. The van der Waals surface area contributed by atoms with Crippen LogP contribution in [0, 0.1) is 5.92 Å². The molecule has 12 heavy (non-hydrogen) atoms. The van der Waals surface area contributed by atoms with Crippen LogP contribution < -0.4 is 5.32 Å². The SMILES string of the molecule is O=C(NCc1ccc[nH]1)C1CC1. The smallest absolute Gasteiger partial charge is 0.223 e. The molecule has 0 unspecified atom stereocenters. The number of amides is 1. The predicted octanol–water partition coefficient (Wildman–Crippen LogP) is 1.04. The number of rotatable bonds is 3. The summed E-state index contributed by atoms with van der Waals surface area (Å²) in [6.45, 7) is 0.627. The van der Waals surface area contributed by atoms with Crippen LogP contribution in [0.1, 0.15) is 18.5 Å². The van der Waals surface area contributed by atoms with Crippen LogP contribution in [-0.4, -0.2) is 10.9 Å². The summed E-state index contributed by atoms with van der Waals surface area (Å²) in [6.07, 6.45) is 3.99. The highest BCUT2D eigenvalue weighted by atomic mass is 16.2. The van der Waals surface area contributed by atoms with Gasteiger partial charge in [-0.25, -0.2) is 0 Å². The normalized spacial score (nSPS) is 16.0. The molecule has 1 aromatic heterocycles. The Morgan fingerprint density at radius 3 is 3.08 bits per heavy atom. The van der Waals surface area contributed by atoms with E-state index in [4.69, 9.17) is 0 Å². The summed E-state index contributed by atoms with van der Waals surface area (Å²) in [5.74, 6) is 0.504. The second-order valence-corrected chi connectivity index (χ2v) is 3.19. The second kappa shape index (κ2) is 3.01. The van der Waals surface area contributed by atoms with Gasteiger partial charge in [-0.05, 0) is 25.0 Å². The van der Waals surface area contributed by atoms with Crippen LogP contribution in [-0.2, 0) is 11.3 Å². The highest BCUT2D eigenvalue weighted by Gasteiger charge is 2.29. The number of aromatic nitrogens is 1. The van der Waals surface area contributed by atoms with E-state index in [-0.39, 0.29) is 5.91 Å². The van der Waals surface area contributed by atoms with E-state index in [1.807, 2.05) is 18.3 Å². The first-order valence-electron chi connectivity index (χ1n) is 4.26. The molecule has 2 N–H and O–H groups in total. The van der Waals surface area contributed by atoms with Gasteiger partial charge in [0, 0.05) is 17.8 Å². The zero-order valence-corrected chi connectivity index (χ0v) is 6.84. The summed E-state index contributed by atoms with van der Waals surface area (Å²) in [6, 6.07) is 3.89. The molecular formula is C9H12N2O. The fourth-order valence-electron chi connectivity index (χ4n) is 1.15. The Bertz CT molecular complexity index is 262. The minimum atomic E-state index is 0.199. The first-order chi connectivity index (χ1) is 5.86.